The minimum absolute atomic E-state index is 0.189. The van der Waals surface area contributed by atoms with Crippen molar-refractivity contribution in [1.82, 2.24) is 15.0 Å². The fourth-order valence-electron chi connectivity index (χ4n) is 2.92. The number of hydrogen-bond acceptors (Lipinski definition) is 6. The number of aromatic nitrogens is 1. The van der Waals surface area contributed by atoms with Gasteiger partial charge in [0.25, 0.3) is 5.69 Å². The highest BCUT2D eigenvalue weighted by Gasteiger charge is 2.21. The predicted octanol–water partition coefficient (Wildman–Crippen LogP) is 2.39. The second kappa shape index (κ2) is 8.09. The van der Waals surface area contributed by atoms with Crippen molar-refractivity contribution < 1.29 is 18.6 Å². The molecule has 0 radical (unpaired) electrons. The van der Waals surface area contributed by atoms with Crippen LogP contribution in [-0.4, -0.2) is 52.0 Å². The van der Waals surface area contributed by atoms with E-state index in [1.165, 1.54) is 18.2 Å². The number of nitro groups is 1. The summed E-state index contributed by atoms with van der Waals surface area (Å²) in [7, 11) is 0. The van der Waals surface area contributed by atoms with Crippen molar-refractivity contribution in [3.05, 3.63) is 63.3 Å². The van der Waals surface area contributed by atoms with Crippen molar-refractivity contribution in [3.8, 4) is 0 Å². The highest BCUT2D eigenvalue weighted by molar-refractivity contribution is 5.92. The van der Waals surface area contributed by atoms with Gasteiger partial charge in [0.15, 0.2) is 5.76 Å². The standard InChI is InChI=1S/C18H19FN4O4/c1-13-10-16(27-20-13)12-21-6-8-22(9-7-21)18(24)5-3-14-2-4-15(19)11-17(14)23(25)26/h2-5,10-11H,6-9,12H2,1H3. The van der Waals surface area contributed by atoms with E-state index in [-0.39, 0.29) is 17.2 Å². The zero-order chi connectivity index (χ0) is 19.4. The van der Waals surface area contributed by atoms with E-state index in [0.717, 1.165) is 23.6 Å². The van der Waals surface area contributed by atoms with E-state index in [1.807, 2.05) is 13.0 Å². The Labute approximate surface area is 155 Å². The van der Waals surface area contributed by atoms with Crippen LogP contribution in [0.4, 0.5) is 10.1 Å². The molecule has 1 aliphatic rings. The molecule has 1 saturated heterocycles. The van der Waals surface area contributed by atoms with Gasteiger partial charge in [-0.1, -0.05) is 5.16 Å². The molecular formula is C18H19FN4O4. The maximum atomic E-state index is 13.2. The minimum atomic E-state index is -0.691. The van der Waals surface area contributed by atoms with Crippen molar-refractivity contribution in [3.63, 3.8) is 0 Å². The lowest BCUT2D eigenvalue weighted by Gasteiger charge is -2.33. The third-order valence-electron chi connectivity index (χ3n) is 4.33. The Kier molecular flexibility index (Phi) is 5.60. The molecule has 0 bridgehead atoms. The molecule has 0 spiro atoms. The minimum Gasteiger partial charge on any atom is -0.360 e. The largest absolute Gasteiger partial charge is 0.360 e. The van der Waals surface area contributed by atoms with E-state index in [0.29, 0.717) is 32.7 Å². The molecule has 0 atom stereocenters. The summed E-state index contributed by atoms with van der Waals surface area (Å²) >= 11 is 0. The number of halogens is 1. The van der Waals surface area contributed by atoms with Gasteiger partial charge in [0.1, 0.15) is 5.82 Å². The first-order valence-electron chi connectivity index (χ1n) is 8.48. The number of nitrogens with zero attached hydrogens (tertiary/aromatic N) is 4. The van der Waals surface area contributed by atoms with Gasteiger partial charge in [0.05, 0.1) is 28.8 Å². The topological polar surface area (TPSA) is 92.7 Å². The zero-order valence-electron chi connectivity index (χ0n) is 14.8. The molecule has 2 heterocycles. The number of benzene rings is 1. The number of rotatable bonds is 5. The first-order chi connectivity index (χ1) is 12.9. The zero-order valence-corrected chi connectivity index (χ0v) is 14.8. The smallest absolute Gasteiger partial charge is 0.279 e. The SMILES string of the molecule is Cc1cc(CN2CCN(C(=O)C=Cc3ccc(F)cc3[N+](=O)[O-])CC2)on1. The van der Waals surface area contributed by atoms with Crippen LogP contribution >= 0.6 is 0 Å². The third kappa shape index (κ3) is 4.76. The Balaban J connectivity index is 1.57. The molecule has 1 aliphatic heterocycles. The molecule has 3 rings (SSSR count). The van der Waals surface area contributed by atoms with E-state index in [9.17, 15) is 19.3 Å². The Bertz CT molecular complexity index is 872. The van der Waals surface area contributed by atoms with E-state index in [1.54, 1.807) is 4.90 Å². The maximum absolute atomic E-state index is 13.2. The number of nitro benzene ring substituents is 1. The van der Waals surface area contributed by atoms with Gasteiger partial charge in [-0.05, 0) is 25.1 Å². The normalized spacial score (nSPS) is 15.4. The van der Waals surface area contributed by atoms with Gasteiger partial charge >= 0.3 is 0 Å². The number of carbonyl (C=O) groups is 1. The summed E-state index contributed by atoms with van der Waals surface area (Å²) in [6, 6.07) is 5.14. The summed E-state index contributed by atoms with van der Waals surface area (Å²) < 4.78 is 18.4. The Hall–Kier alpha value is -3.07. The lowest BCUT2D eigenvalue weighted by Crippen LogP contribution is -2.47. The number of hydrogen-bond donors (Lipinski definition) is 0. The fraction of sp³-hybridized carbons (Fsp3) is 0.333. The van der Waals surface area contributed by atoms with Gasteiger partial charge in [0.2, 0.25) is 5.91 Å². The first-order valence-corrected chi connectivity index (χ1v) is 8.48. The van der Waals surface area contributed by atoms with Crippen LogP contribution in [0.3, 0.4) is 0 Å². The predicted molar refractivity (Wildman–Crippen MR) is 95.2 cm³/mol. The van der Waals surface area contributed by atoms with Gasteiger partial charge in [-0.2, -0.15) is 0 Å². The van der Waals surface area contributed by atoms with Crippen LogP contribution in [0.2, 0.25) is 0 Å². The van der Waals surface area contributed by atoms with Crippen molar-refractivity contribution >= 4 is 17.7 Å². The highest BCUT2D eigenvalue weighted by atomic mass is 19.1. The van der Waals surface area contributed by atoms with Crippen molar-refractivity contribution in [2.45, 2.75) is 13.5 Å². The van der Waals surface area contributed by atoms with E-state index in [2.05, 4.69) is 10.1 Å². The van der Waals surface area contributed by atoms with Gasteiger partial charge in [0, 0.05) is 38.3 Å². The third-order valence-corrected chi connectivity index (χ3v) is 4.33. The van der Waals surface area contributed by atoms with E-state index < -0.39 is 10.7 Å². The molecule has 9 heteroatoms. The molecule has 2 aromatic rings. The van der Waals surface area contributed by atoms with Crippen LogP contribution in [0, 0.1) is 22.9 Å². The summed E-state index contributed by atoms with van der Waals surface area (Å²) in [5.41, 5.74) is 0.652. The van der Waals surface area contributed by atoms with Crippen LogP contribution in [0.15, 0.2) is 34.9 Å². The second-order valence-corrected chi connectivity index (χ2v) is 6.33. The molecule has 0 saturated carbocycles. The van der Waals surface area contributed by atoms with Crippen LogP contribution < -0.4 is 0 Å². The molecule has 8 nitrogen and oxygen atoms in total. The lowest BCUT2D eigenvalue weighted by molar-refractivity contribution is -0.385. The average Bonchev–Trinajstić information content (AvgIpc) is 3.05. The summed E-state index contributed by atoms with van der Waals surface area (Å²) in [5, 5.41) is 14.9. The van der Waals surface area contributed by atoms with Gasteiger partial charge in [-0.25, -0.2) is 4.39 Å². The summed E-state index contributed by atoms with van der Waals surface area (Å²) in [5.74, 6) is -0.136. The molecular weight excluding hydrogens is 355 g/mol. The quantitative estimate of drug-likeness (QED) is 0.453. The molecule has 1 fully saturated rings. The molecule has 27 heavy (non-hydrogen) atoms. The molecule has 1 amide bonds. The fourth-order valence-corrected chi connectivity index (χ4v) is 2.92. The monoisotopic (exact) mass is 374 g/mol. The Morgan fingerprint density at radius 3 is 2.70 bits per heavy atom. The van der Waals surface area contributed by atoms with Crippen LogP contribution in [0.5, 0.6) is 0 Å². The Morgan fingerprint density at radius 2 is 2.07 bits per heavy atom. The maximum Gasteiger partial charge on any atom is 0.279 e. The van der Waals surface area contributed by atoms with Crippen molar-refractivity contribution in [2.75, 3.05) is 26.2 Å². The highest BCUT2D eigenvalue weighted by Crippen LogP contribution is 2.21. The number of carbonyl (C=O) groups excluding carboxylic acids is 1. The molecule has 142 valence electrons. The second-order valence-electron chi connectivity index (χ2n) is 6.33. The number of amides is 1. The average molecular weight is 374 g/mol. The van der Waals surface area contributed by atoms with Crippen LogP contribution in [0.25, 0.3) is 6.08 Å². The lowest BCUT2D eigenvalue weighted by atomic mass is 10.1. The molecule has 0 aliphatic carbocycles. The molecule has 0 unspecified atom stereocenters. The summed E-state index contributed by atoms with van der Waals surface area (Å²) in [4.78, 5) is 26.5. The van der Waals surface area contributed by atoms with Gasteiger partial charge < -0.3 is 9.42 Å². The number of piperazine rings is 1. The molecule has 0 N–H and O–H groups in total. The number of aryl methyl sites for hydroxylation is 1. The van der Waals surface area contributed by atoms with Crippen LogP contribution in [-0.2, 0) is 11.3 Å². The summed E-state index contributed by atoms with van der Waals surface area (Å²) in [6.45, 7) is 4.97. The van der Waals surface area contributed by atoms with Gasteiger partial charge in [-0.15, -0.1) is 0 Å². The van der Waals surface area contributed by atoms with E-state index >= 15 is 0 Å². The molecule has 1 aromatic carbocycles. The van der Waals surface area contributed by atoms with Crippen molar-refractivity contribution in [2.24, 2.45) is 0 Å². The molecule has 1 aromatic heterocycles. The van der Waals surface area contributed by atoms with Gasteiger partial charge in [-0.3, -0.25) is 19.8 Å². The first kappa shape index (κ1) is 18.7. The Morgan fingerprint density at radius 1 is 1.33 bits per heavy atom. The summed E-state index contributed by atoms with van der Waals surface area (Å²) in [6.07, 6.45) is 2.64. The van der Waals surface area contributed by atoms with Crippen LogP contribution in [0.1, 0.15) is 17.0 Å². The van der Waals surface area contributed by atoms with Crippen molar-refractivity contribution in [1.29, 1.82) is 0 Å². The van der Waals surface area contributed by atoms with E-state index in [4.69, 9.17) is 4.52 Å².